The quantitative estimate of drug-likeness (QED) is 0.408. The lowest BCUT2D eigenvalue weighted by molar-refractivity contribution is -0.192. The van der Waals surface area contributed by atoms with Crippen LogP contribution in [0.4, 0.5) is 17.6 Å². The maximum Gasteiger partial charge on any atom is 0.490 e. The first-order chi connectivity index (χ1) is 16.5. The van der Waals surface area contributed by atoms with E-state index in [2.05, 4.69) is 10.2 Å². The third kappa shape index (κ3) is 7.78. The standard InChI is InChI=1S/C22H20ClFN2OS.C2HF3O2/c23-17-3-1-2-16(12-17)20-9-11-28-21(20)22(27)25-19-8-10-26(14-19)13-15-4-6-18(24)7-5-15;3-2(4,5)1(6)7/h1-7,9,11-12,19H,8,10,13-14H2,(H,25,27);(H,6,7). The van der Waals surface area contributed by atoms with Gasteiger partial charge in [0.25, 0.3) is 5.91 Å². The third-order valence-electron chi connectivity index (χ3n) is 5.18. The van der Waals surface area contributed by atoms with Crippen LogP contribution >= 0.6 is 22.9 Å². The third-order valence-corrected chi connectivity index (χ3v) is 6.32. The summed E-state index contributed by atoms with van der Waals surface area (Å²) in [6.07, 6.45) is -4.18. The maximum atomic E-state index is 13.1. The number of aliphatic carboxylic acids is 1. The molecule has 0 saturated carbocycles. The molecule has 2 heterocycles. The Bertz CT molecular complexity index is 1170. The number of halogens is 5. The summed E-state index contributed by atoms with van der Waals surface area (Å²) in [5, 5.41) is 12.9. The number of alkyl halides is 3. The van der Waals surface area contributed by atoms with Crippen molar-refractivity contribution >= 4 is 34.8 Å². The topological polar surface area (TPSA) is 69.6 Å². The van der Waals surface area contributed by atoms with Gasteiger partial charge in [0.2, 0.25) is 0 Å². The van der Waals surface area contributed by atoms with Crippen molar-refractivity contribution < 1.29 is 32.3 Å². The van der Waals surface area contributed by atoms with Crippen molar-refractivity contribution in [3.8, 4) is 11.1 Å². The number of likely N-dealkylation sites (tertiary alicyclic amines) is 1. The fourth-order valence-electron chi connectivity index (χ4n) is 3.56. The van der Waals surface area contributed by atoms with Crippen LogP contribution in [0.3, 0.4) is 0 Å². The number of benzene rings is 2. The van der Waals surface area contributed by atoms with Crippen molar-refractivity contribution in [3.05, 3.63) is 81.3 Å². The summed E-state index contributed by atoms with van der Waals surface area (Å²) < 4.78 is 44.8. The van der Waals surface area contributed by atoms with Crippen molar-refractivity contribution in [3.63, 3.8) is 0 Å². The molecular formula is C24H21ClF4N2O3S. The molecule has 2 N–H and O–H groups in total. The summed E-state index contributed by atoms with van der Waals surface area (Å²) in [4.78, 5) is 24.7. The van der Waals surface area contributed by atoms with Crippen LogP contribution < -0.4 is 5.32 Å². The van der Waals surface area contributed by atoms with Gasteiger partial charge in [-0.05, 0) is 53.3 Å². The number of hydrogen-bond donors (Lipinski definition) is 2. The summed E-state index contributed by atoms with van der Waals surface area (Å²) in [6, 6.07) is 16.2. The molecule has 0 aliphatic carbocycles. The van der Waals surface area contributed by atoms with Gasteiger partial charge in [-0.2, -0.15) is 13.2 Å². The first-order valence-electron chi connectivity index (χ1n) is 10.4. The van der Waals surface area contributed by atoms with Gasteiger partial charge in [-0.1, -0.05) is 35.9 Å². The number of carboxylic acids is 1. The van der Waals surface area contributed by atoms with Gasteiger partial charge in [0.1, 0.15) is 5.82 Å². The molecule has 1 atom stereocenters. The number of thiophene rings is 1. The zero-order valence-corrected chi connectivity index (χ0v) is 19.8. The summed E-state index contributed by atoms with van der Waals surface area (Å²) in [5.74, 6) is -3.02. The van der Waals surface area contributed by atoms with Gasteiger partial charge >= 0.3 is 12.1 Å². The Morgan fingerprint density at radius 1 is 1.14 bits per heavy atom. The van der Waals surface area contributed by atoms with Gasteiger partial charge in [-0.25, -0.2) is 9.18 Å². The fourth-order valence-corrected chi connectivity index (χ4v) is 4.57. The normalized spacial score (nSPS) is 15.9. The molecule has 4 rings (SSSR count). The van der Waals surface area contributed by atoms with Crippen molar-refractivity contribution in [2.24, 2.45) is 0 Å². The van der Waals surface area contributed by atoms with E-state index < -0.39 is 12.1 Å². The number of carbonyl (C=O) groups excluding carboxylic acids is 1. The molecule has 1 fully saturated rings. The molecule has 0 radical (unpaired) electrons. The second-order valence-electron chi connectivity index (χ2n) is 7.80. The van der Waals surface area contributed by atoms with E-state index in [1.807, 2.05) is 47.8 Å². The van der Waals surface area contributed by atoms with E-state index in [1.54, 1.807) is 0 Å². The molecule has 1 aromatic heterocycles. The Morgan fingerprint density at radius 3 is 2.46 bits per heavy atom. The molecule has 1 saturated heterocycles. The van der Waals surface area contributed by atoms with Crippen LogP contribution in [-0.2, 0) is 11.3 Å². The molecule has 3 aromatic rings. The lowest BCUT2D eigenvalue weighted by Crippen LogP contribution is -2.36. The highest BCUT2D eigenvalue weighted by atomic mass is 35.5. The zero-order chi connectivity index (χ0) is 25.6. The van der Waals surface area contributed by atoms with E-state index in [1.165, 1.54) is 23.5 Å². The van der Waals surface area contributed by atoms with Crippen molar-refractivity contribution in [1.29, 1.82) is 0 Å². The van der Waals surface area contributed by atoms with E-state index in [9.17, 15) is 22.4 Å². The second kappa shape index (κ2) is 11.7. The van der Waals surface area contributed by atoms with E-state index in [4.69, 9.17) is 21.5 Å². The smallest absolute Gasteiger partial charge is 0.475 e. The summed E-state index contributed by atoms with van der Waals surface area (Å²) in [5.41, 5.74) is 2.93. The Hall–Kier alpha value is -2.95. The number of amides is 1. The predicted octanol–water partition coefficient (Wildman–Crippen LogP) is 5.85. The highest BCUT2D eigenvalue weighted by molar-refractivity contribution is 7.12. The minimum absolute atomic E-state index is 0.0430. The molecule has 1 aliphatic rings. The molecular weight excluding hydrogens is 508 g/mol. The number of carboxylic acid groups (broad SMARTS) is 1. The molecule has 2 aromatic carbocycles. The van der Waals surface area contributed by atoms with Crippen LogP contribution in [-0.4, -0.2) is 47.2 Å². The van der Waals surface area contributed by atoms with Crippen LogP contribution in [0.5, 0.6) is 0 Å². The van der Waals surface area contributed by atoms with Gasteiger partial charge < -0.3 is 10.4 Å². The Morgan fingerprint density at radius 2 is 1.83 bits per heavy atom. The van der Waals surface area contributed by atoms with Gasteiger partial charge in [0.15, 0.2) is 0 Å². The Kier molecular flexibility index (Phi) is 8.87. The van der Waals surface area contributed by atoms with Crippen LogP contribution in [0, 0.1) is 5.82 Å². The monoisotopic (exact) mass is 528 g/mol. The molecule has 35 heavy (non-hydrogen) atoms. The van der Waals surface area contributed by atoms with Crippen molar-refractivity contribution in [2.45, 2.75) is 25.2 Å². The van der Waals surface area contributed by atoms with Crippen molar-refractivity contribution in [1.82, 2.24) is 10.2 Å². The summed E-state index contributed by atoms with van der Waals surface area (Å²) in [6.45, 7) is 2.47. The minimum Gasteiger partial charge on any atom is -0.475 e. The average Bonchev–Trinajstić information content (AvgIpc) is 3.45. The first-order valence-corrected chi connectivity index (χ1v) is 11.7. The SMILES string of the molecule is O=C(NC1CCN(Cc2ccc(F)cc2)C1)c1sccc1-c1cccc(Cl)c1.O=C(O)C(F)(F)F. The molecule has 1 amide bonds. The molecule has 1 unspecified atom stereocenters. The van der Waals surface area contributed by atoms with E-state index in [0.29, 0.717) is 9.90 Å². The number of hydrogen-bond acceptors (Lipinski definition) is 4. The highest BCUT2D eigenvalue weighted by Gasteiger charge is 2.38. The average molecular weight is 529 g/mol. The van der Waals surface area contributed by atoms with E-state index in [-0.39, 0.29) is 17.8 Å². The molecule has 1 aliphatic heterocycles. The molecule has 0 bridgehead atoms. The Labute approximate surface area is 207 Å². The van der Waals surface area contributed by atoms with Gasteiger partial charge in [-0.3, -0.25) is 9.69 Å². The van der Waals surface area contributed by atoms with Gasteiger partial charge in [0.05, 0.1) is 4.88 Å². The van der Waals surface area contributed by atoms with Crippen LogP contribution in [0.2, 0.25) is 5.02 Å². The lowest BCUT2D eigenvalue weighted by Gasteiger charge is -2.17. The van der Waals surface area contributed by atoms with Gasteiger partial charge in [-0.15, -0.1) is 11.3 Å². The van der Waals surface area contributed by atoms with Crippen molar-refractivity contribution in [2.75, 3.05) is 13.1 Å². The number of carbonyl (C=O) groups is 2. The summed E-state index contributed by atoms with van der Waals surface area (Å²) >= 11 is 7.54. The predicted molar refractivity (Wildman–Crippen MR) is 126 cm³/mol. The first kappa shape index (κ1) is 26.7. The largest absolute Gasteiger partial charge is 0.490 e. The molecule has 11 heteroatoms. The van der Waals surface area contributed by atoms with E-state index >= 15 is 0 Å². The van der Waals surface area contributed by atoms with Crippen LogP contribution in [0.1, 0.15) is 21.7 Å². The number of rotatable bonds is 5. The summed E-state index contributed by atoms with van der Waals surface area (Å²) in [7, 11) is 0. The number of nitrogens with one attached hydrogen (secondary N) is 1. The zero-order valence-electron chi connectivity index (χ0n) is 18.2. The highest BCUT2D eigenvalue weighted by Crippen LogP contribution is 2.30. The molecule has 5 nitrogen and oxygen atoms in total. The molecule has 0 spiro atoms. The van der Waals surface area contributed by atoms with Gasteiger partial charge in [0, 0.05) is 36.3 Å². The van der Waals surface area contributed by atoms with Crippen LogP contribution in [0.25, 0.3) is 11.1 Å². The van der Waals surface area contributed by atoms with Crippen LogP contribution in [0.15, 0.2) is 60.0 Å². The lowest BCUT2D eigenvalue weighted by atomic mass is 10.1. The second-order valence-corrected chi connectivity index (χ2v) is 9.15. The van der Waals surface area contributed by atoms with E-state index in [0.717, 1.165) is 42.7 Å². The molecule has 186 valence electrons. The maximum absolute atomic E-state index is 13.1. The fraction of sp³-hybridized carbons (Fsp3) is 0.250. The number of nitrogens with zero attached hydrogens (tertiary/aromatic N) is 1. The minimum atomic E-state index is -5.08. The Balaban J connectivity index is 0.000000429.